The van der Waals surface area contributed by atoms with E-state index in [4.69, 9.17) is 0 Å². The summed E-state index contributed by atoms with van der Waals surface area (Å²) in [5.41, 5.74) is 2.88. The van der Waals surface area contributed by atoms with Crippen LogP contribution >= 0.6 is 11.8 Å². The number of hydrogen-bond donors (Lipinski definition) is 0. The minimum atomic E-state index is 1.17. The van der Waals surface area contributed by atoms with E-state index in [0.29, 0.717) is 0 Å². The highest BCUT2D eigenvalue weighted by Crippen LogP contribution is 2.29. The molecule has 0 aliphatic rings. The molecule has 2 aromatic carbocycles. The van der Waals surface area contributed by atoms with Crippen molar-refractivity contribution in [3.05, 3.63) is 59.7 Å². The molecule has 1 heteroatoms. The molecule has 0 saturated carbocycles. The first-order valence-electron chi connectivity index (χ1n) is 7.17. The highest BCUT2D eigenvalue weighted by molar-refractivity contribution is 7.99. The Balaban J connectivity index is 2.11. The maximum Gasteiger partial charge on any atom is 0.0125 e. The van der Waals surface area contributed by atoms with Gasteiger partial charge in [0, 0.05) is 9.79 Å². The van der Waals surface area contributed by atoms with Gasteiger partial charge in [-0.05, 0) is 48.2 Å². The first-order valence-corrected chi connectivity index (χ1v) is 7.99. The highest BCUT2D eigenvalue weighted by atomic mass is 32.2. The van der Waals surface area contributed by atoms with Gasteiger partial charge in [0.2, 0.25) is 0 Å². The van der Waals surface area contributed by atoms with Gasteiger partial charge in [-0.15, -0.1) is 0 Å². The van der Waals surface area contributed by atoms with Gasteiger partial charge in [-0.2, -0.15) is 0 Å². The molecule has 0 nitrogen and oxygen atoms in total. The molecule has 0 aliphatic heterocycles. The summed E-state index contributed by atoms with van der Waals surface area (Å²) in [6, 6.07) is 17.8. The van der Waals surface area contributed by atoms with Crippen LogP contribution in [-0.4, -0.2) is 0 Å². The third-order valence-electron chi connectivity index (χ3n) is 3.11. The Labute approximate surface area is 121 Å². The van der Waals surface area contributed by atoms with E-state index in [0.717, 1.165) is 0 Å². The van der Waals surface area contributed by atoms with Crippen LogP contribution in [-0.2, 0) is 12.8 Å². The molecule has 0 saturated heterocycles. The van der Waals surface area contributed by atoms with Crippen molar-refractivity contribution in [3.63, 3.8) is 0 Å². The molecular weight excluding hydrogens is 248 g/mol. The van der Waals surface area contributed by atoms with Gasteiger partial charge < -0.3 is 0 Å². The lowest BCUT2D eigenvalue weighted by atomic mass is 10.1. The molecule has 0 N–H and O–H groups in total. The van der Waals surface area contributed by atoms with E-state index in [1.54, 1.807) is 0 Å². The predicted octanol–water partition coefficient (Wildman–Crippen LogP) is 5.74. The third-order valence-corrected chi connectivity index (χ3v) is 4.09. The predicted molar refractivity (Wildman–Crippen MR) is 85.0 cm³/mol. The first kappa shape index (κ1) is 14.2. The largest absolute Gasteiger partial charge is 0.0901 e. The Morgan fingerprint density at radius 2 is 1.21 bits per heavy atom. The van der Waals surface area contributed by atoms with E-state index in [1.165, 1.54) is 46.6 Å². The molecule has 2 aromatic rings. The summed E-state index contributed by atoms with van der Waals surface area (Å²) in [5, 5.41) is 0. The van der Waals surface area contributed by atoms with Gasteiger partial charge in [0.15, 0.2) is 0 Å². The fourth-order valence-electron chi connectivity index (χ4n) is 2.24. The highest BCUT2D eigenvalue weighted by Gasteiger charge is 2.00. The Morgan fingerprint density at radius 3 is 1.63 bits per heavy atom. The van der Waals surface area contributed by atoms with Crippen LogP contribution in [0.2, 0.25) is 0 Å². The summed E-state index contributed by atoms with van der Waals surface area (Å²) in [6.07, 6.45) is 4.76. The molecule has 100 valence electrons. The molecular formula is C18H22S. The molecule has 0 amide bonds. The van der Waals surface area contributed by atoms with Gasteiger partial charge in [-0.25, -0.2) is 0 Å². The maximum absolute atomic E-state index is 2.32. The zero-order valence-corrected chi connectivity index (χ0v) is 12.7. The van der Waals surface area contributed by atoms with Gasteiger partial charge in [0.25, 0.3) is 0 Å². The van der Waals surface area contributed by atoms with Crippen LogP contribution in [0.3, 0.4) is 0 Å². The minimum absolute atomic E-state index is 1.17. The van der Waals surface area contributed by atoms with Crippen LogP contribution in [0.4, 0.5) is 0 Å². The van der Waals surface area contributed by atoms with E-state index in [1.807, 2.05) is 11.8 Å². The smallest absolute Gasteiger partial charge is 0.0125 e. The summed E-state index contributed by atoms with van der Waals surface area (Å²) in [7, 11) is 0. The Bertz CT molecular complexity index is 469. The van der Waals surface area contributed by atoms with Crippen LogP contribution in [0.15, 0.2) is 58.3 Å². The fourth-order valence-corrected chi connectivity index (χ4v) is 3.23. The number of aryl methyl sites for hydroxylation is 2. The van der Waals surface area contributed by atoms with E-state index < -0.39 is 0 Å². The van der Waals surface area contributed by atoms with Gasteiger partial charge in [0.1, 0.15) is 0 Å². The Hall–Kier alpha value is -1.21. The van der Waals surface area contributed by atoms with E-state index in [2.05, 4.69) is 62.4 Å². The zero-order chi connectivity index (χ0) is 13.5. The normalized spacial score (nSPS) is 10.6. The van der Waals surface area contributed by atoms with Crippen LogP contribution in [0.25, 0.3) is 0 Å². The van der Waals surface area contributed by atoms with Crippen molar-refractivity contribution in [1.82, 2.24) is 0 Å². The van der Waals surface area contributed by atoms with Crippen LogP contribution < -0.4 is 0 Å². The molecule has 0 atom stereocenters. The van der Waals surface area contributed by atoms with Crippen LogP contribution in [0.1, 0.15) is 37.8 Å². The first-order chi connectivity index (χ1) is 9.31. The van der Waals surface area contributed by atoms with E-state index in [9.17, 15) is 0 Å². The average Bonchev–Trinajstić information content (AvgIpc) is 2.40. The lowest BCUT2D eigenvalue weighted by Gasteiger charge is -2.06. The van der Waals surface area contributed by atoms with Crippen molar-refractivity contribution in [1.29, 1.82) is 0 Å². The standard InChI is InChI=1S/C18H22S/c1-3-7-15-9-5-11-17(13-15)19-18-12-6-10-16(14-18)8-4-2/h5-6,9-14H,3-4,7-8H2,1-2H3. The topological polar surface area (TPSA) is 0 Å². The van der Waals surface area contributed by atoms with Crippen molar-refractivity contribution in [3.8, 4) is 0 Å². The molecule has 0 fully saturated rings. The number of rotatable bonds is 6. The fraction of sp³-hybridized carbons (Fsp3) is 0.333. The van der Waals surface area contributed by atoms with Crippen molar-refractivity contribution in [2.24, 2.45) is 0 Å². The Kier molecular flexibility index (Phi) is 5.53. The van der Waals surface area contributed by atoms with Gasteiger partial charge in [-0.3, -0.25) is 0 Å². The molecule has 0 aliphatic carbocycles. The van der Waals surface area contributed by atoms with Gasteiger partial charge >= 0.3 is 0 Å². The maximum atomic E-state index is 2.32. The molecule has 19 heavy (non-hydrogen) atoms. The second kappa shape index (κ2) is 7.40. The quantitative estimate of drug-likeness (QED) is 0.644. The van der Waals surface area contributed by atoms with Crippen LogP contribution in [0, 0.1) is 0 Å². The van der Waals surface area contributed by atoms with Crippen molar-refractivity contribution < 1.29 is 0 Å². The summed E-state index contributed by atoms with van der Waals surface area (Å²) in [5.74, 6) is 0. The molecule has 0 aromatic heterocycles. The summed E-state index contributed by atoms with van der Waals surface area (Å²) in [4.78, 5) is 2.69. The zero-order valence-electron chi connectivity index (χ0n) is 11.9. The van der Waals surface area contributed by atoms with E-state index in [-0.39, 0.29) is 0 Å². The SMILES string of the molecule is CCCc1cccc(Sc2cccc(CCC)c2)c1. The summed E-state index contributed by atoms with van der Waals surface area (Å²) >= 11 is 1.87. The molecule has 0 spiro atoms. The lowest BCUT2D eigenvalue weighted by Crippen LogP contribution is -1.85. The van der Waals surface area contributed by atoms with Crippen molar-refractivity contribution >= 4 is 11.8 Å². The van der Waals surface area contributed by atoms with Gasteiger partial charge in [-0.1, -0.05) is 62.7 Å². The van der Waals surface area contributed by atoms with Gasteiger partial charge in [0.05, 0.1) is 0 Å². The molecule has 2 rings (SSSR count). The minimum Gasteiger partial charge on any atom is -0.0901 e. The third kappa shape index (κ3) is 4.43. The second-order valence-corrected chi connectivity index (χ2v) is 6.04. The molecule has 0 bridgehead atoms. The van der Waals surface area contributed by atoms with E-state index >= 15 is 0 Å². The van der Waals surface area contributed by atoms with Crippen LogP contribution in [0.5, 0.6) is 0 Å². The lowest BCUT2D eigenvalue weighted by molar-refractivity contribution is 0.916. The molecule has 0 unspecified atom stereocenters. The number of hydrogen-bond acceptors (Lipinski definition) is 1. The van der Waals surface area contributed by atoms with Crippen molar-refractivity contribution in [2.45, 2.75) is 49.3 Å². The Morgan fingerprint density at radius 1 is 0.737 bits per heavy atom. The summed E-state index contributed by atoms with van der Waals surface area (Å²) < 4.78 is 0. The van der Waals surface area contributed by atoms with Crippen molar-refractivity contribution in [2.75, 3.05) is 0 Å². The average molecular weight is 270 g/mol. The number of benzene rings is 2. The summed E-state index contributed by atoms with van der Waals surface area (Å²) in [6.45, 7) is 4.46. The monoisotopic (exact) mass is 270 g/mol. The second-order valence-electron chi connectivity index (χ2n) is 4.90. The molecule has 0 heterocycles. The molecule has 0 radical (unpaired) electrons.